The predicted octanol–water partition coefficient (Wildman–Crippen LogP) is -1.18. The molecule has 8 nitrogen and oxygen atoms in total. The number of likely N-dealkylation sites (N-methyl/N-ethyl adjacent to an activating group) is 1. The Kier molecular flexibility index (Phi) is 9.78. The molecule has 0 aliphatic carbocycles. The molecule has 3 N–H and O–H groups in total. The molecule has 1 saturated heterocycles. The van der Waals surface area contributed by atoms with Gasteiger partial charge in [0, 0.05) is 20.1 Å². The predicted molar refractivity (Wildman–Crippen MR) is 88.1 cm³/mol. The van der Waals surface area contributed by atoms with Crippen LogP contribution in [0.15, 0.2) is 0 Å². The highest BCUT2D eigenvalue weighted by Gasteiger charge is 2.22. The average molecular weight is 351 g/mol. The van der Waals surface area contributed by atoms with Gasteiger partial charge in [0.15, 0.2) is 0 Å². The van der Waals surface area contributed by atoms with E-state index in [1.54, 1.807) is 4.90 Å². The number of amides is 3. The molecule has 0 bridgehead atoms. The van der Waals surface area contributed by atoms with Crippen molar-refractivity contribution in [2.24, 2.45) is 11.7 Å². The Hall–Kier alpha value is -1.38. The minimum absolute atomic E-state index is 0. The number of carbonyl (C=O) groups is 3. The molecule has 134 valence electrons. The molecular formula is C14H27ClN4O4. The smallest absolute Gasteiger partial charge is 0.242 e. The van der Waals surface area contributed by atoms with E-state index < -0.39 is 6.04 Å². The first kappa shape index (κ1) is 21.6. The van der Waals surface area contributed by atoms with Crippen molar-refractivity contribution in [3.63, 3.8) is 0 Å². The summed E-state index contributed by atoms with van der Waals surface area (Å²) in [5, 5.41) is 2.50. The van der Waals surface area contributed by atoms with Gasteiger partial charge in [-0.25, -0.2) is 0 Å². The summed E-state index contributed by atoms with van der Waals surface area (Å²) in [4.78, 5) is 38.6. The Labute approximate surface area is 143 Å². The summed E-state index contributed by atoms with van der Waals surface area (Å²) in [6, 6.07) is -0.645. The van der Waals surface area contributed by atoms with Crippen molar-refractivity contribution in [3.8, 4) is 0 Å². The van der Waals surface area contributed by atoms with Gasteiger partial charge in [0.1, 0.15) is 0 Å². The van der Waals surface area contributed by atoms with Crippen LogP contribution in [0.3, 0.4) is 0 Å². The van der Waals surface area contributed by atoms with Gasteiger partial charge in [0.25, 0.3) is 0 Å². The van der Waals surface area contributed by atoms with Crippen molar-refractivity contribution in [3.05, 3.63) is 0 Å². The zero-order chi connectivity index (χ0) is 16.7. The van der Waals surface area contributed by atoms with Gasteiger partial charge in [-0.3, -0.25) is 14.4 Å². The molecule has 1 rings (SSSR count). The van der Waals surface area contributed by atoms with Gasteiger partial charge in [-0.1, -0.05) is 13.8 Å². The monoisotopic (exact) mass is 350 g/mol. The highest BCUT2D eigenvalue weighted by Crippen LogP contribution is 2.00. The average Bonchev–Trinajstić information content (AvgIpc) is 2.51. The number of ether oxygens (including phenoxy) is 1. The number of morpholine rings is 1. The second-order valence-electron chi connectivity index (χ2n) is 5.73. The van der Waals surface area contributed by atoms with E-state index >= 15 is 0 Å². The first-order chi connectivity index (χ1) is 10.3. The molecule has 0 unspecified atom stereocenters. The number of nitrogens with one attached hydrogen (secondary N) is 1. The van der Waals surface area contributed by atoms with Crippen molar-refractivity contribution in [2.45, 2.75) is 19.9 Å². The lowest BCUT2D eigenvalue weighted by Gasteiger charge is -2.28. The van der Waals surface area contributed by atoms with Crippen LogP contribution < -0.4 is 11.1 Å². The van der Waals surface area contributed by atoms with Crippen molar-refractivity contribution in [1.82, 2.24) is 15.1 Å². The molecule has 0 spiro atoms. The summed E-state index contributed by atoms with van der Waals surface area (Å²) in [7, 11) is 1.54. The fraction of sp³-hybridized carbons (Fsp3) is 0.786. The van der Waals surface area contributed by atoms with Gasteiger partial charge in [-0.2, -0.15) is 0 Å². The molecule has 1 fully saturated rings. The molecule has 3 amide bonds. The summed E-state index contributed by atoms with van der Waals surface area (Å²) >= 11 is 0. The van der Waals surface area contributed by atoms with E-state index in [0.29, 0.717) is 26.3 Å². The number of carbonyl (C=O) groups excluding carboxylic acids is 3. The van der Waals surface area contributed by atoms with Gasteiger partial charge < -0.3 is 25.6 Å². The summed E-state index contributed by atoms with van der Waals surface area (Å²) in [5.41, 5.74) is 5.69. The van der Waals surface area contributed by atoms with Crippen molar-refractivity contribution in [2.75, 3.05) is 46.4 Å². The molecule has 1 aliphatic heterocycles. The highest BCUT2D eigenvalue weighted by atomic mass is 35.5. The number of hydrogen-bond donors (Lipinski definition) is 2. The van der Waals surface area contributed by atoms with Crippen molar-refractivity contribution in [1.29, 1.82) is 0 Å². The standard InChI is InChI=1S/C14H26N4O4.ClH/c1-10(2)13(15)14(21)16-8-11(19)17(3)9-12(20)18-4-6-22-7-5-18;/h10,13H,4-9,15H2,1-3H3,(H,16,21);1H/t13-;/m0./s1. The molecule has 0 saturated carbocycles. The van der Waals surface area contributed by atoms with Crippen LogP contribution in [0.2, 0.25) is 0 Å². The maximum Gasteiger partial charge on any atom is 0.242 e. The molecule has 23 heavy (non-hydrogen) atoms. The van der Waals surface area contributed by atoms with Crippen LogP contribution in [0.25, 0.3) is 0 Å². The maximum absolute atomic E-state index is 12.0. The Morgan fingerprint density at radius 2 is 1.83 bits per heavy atom. The number of hydrogen-bond acceptors (Lipinski definition) is 5. The lowest BCUT2D eigenvalue weighted by atomic mass is 10.1. The van der Waals surface area contributed by atoms with Gasteiger partial charge in [0.2, 0.25) is 17.7 Å². The summed E-state index contributed by atoms with van der Waals surface area (Å²) < 4.78 is 5.18. The Bertz CT molecular complexity index is 414. The van der Waals surface area contributed by atoms with Gasteiger partial charge in [-0.15, -0.1) is 12.4 Å². The van der Waals surface area contributed by atoms with Gasteiger partial charge >= 0.3 is 0 Å². The minimum atomic E-state index is -0.645. The molecule has 0 aromatic carbocycles. The Balaban J connectivity index is 0.00000484. The molecule has 0 radical (unpaired) electrons. The van der Waals surface area contributed by atoms with Crippen LogP contribution in [0.1, 0.15) is 13.8 Å². The zero-order valence-corrected chi connectivity index (χ0v) is 14.7. The first-order valence-corrected chi connectivity index (χ1v) is 7.45. The lowest BCUT2D eigenvalue weighted by Crippen LogP contribution is -2.49. The number of halogens is 1. The van der Waals surface area contributed by atoms with E-state index in [1.807, 2.05) is 13.8 Å². The van der Waals surface area contributed by atoms with Crippen LogP contribution in [0.5, 0.6) is 0 Å². The normalized spacial score (nSPS) is 15.6. The van der Waals surface area contributed by atoms with E-state index in [1.165, 1.54) is 11.9 Å². The Morgan fingerprint density at radius 3 is 2.35 bits per heavy atom. The Morgan fingerprint density at radius 1 is 1.26 bits per heavy atom. The second kappa shape index (κ2) is 10.4. The van der Waals surface area contributed by atoms with Crippen LogP contribution in [0, 0.1) is 5.92 Å². The van der Waals surface area contributed by atoms with E-state index in [4.69, 9.17) is 10.5 Å². The third kappa shape index (κ3) is 7.15. The van der Waals surface area contributed by atoms with Crippen LogP contribution in [-0.2, 0) is 19.1 Å². The third-order valence-corrected chi connectivity index (χ3v) is 3.60. The van der Waals surface area contributed by atoms with Crippen molar-refractivity contribution < 1.29 is 19.1 Å². The van der Waals surface area contributed by atoms with Gasteiger partial charge in [-0.05, 0) is 5.92 Å². The number of nitrogens with zero attached hydrogens (tertiary/aromatic N) is 2. The van der Waals surface area contributed by atoms with Gasteiger partial charge in [0.05, 0.1) is 32.3 Å². The quantitative estimate of drug-likeness (QED) is 0.627. The summed E-state index contributed by atoms with van der Waals surface area (Å²) in [5.74, 6) is -0.817. The van der Waals surface area contributed by atoms with Crippen molar-refractivity contribution >= 4 is 30.1 Å². The van der Waals surface area contributed by atoms with E-state index in [2.05, 4.69) is 5.32 Å². The molecule has 0 aromatic heterocycles. The molecule has 9 heteroatoms. The maximum atomic E-state index is 12.0. The van der Waals surface area contributed by atoms with Crippen LogP contribution in [0.4, 0.5) is 0 Å². The number of rotatable bonds is 6. The zero-order valence-electron chi connectivity index (χ0n) is 13.9. The third-order valence-electron chi connectivity index (χ3n) is 3.60. The second-order valence-corrected chi connectivity index (χ2v) is 5.73. The topological polar surface area (TPSA) is 105 Å². The first-order valence-electron chi connectivity index (χ1n) is 7.45. The fourth-order valence-corrected chi connectivity index (χ4v) is 1.92. The van der Waals surface area contributed by atoms with Crippen LogP contribution in [-0.4, -0.2) is 80.0 Å². The van der Waals surface area contributed by atoms with Crippen LogP contribution >= 0.6 is 12.4 Å². The number of nitrogens with two attached hydrogens (primary N) is 1. The molecule has 0 aromatic rings. The molecule has 1 heterocycles. The fourth-order valence-electron chi connectivity index (χ4n) is 1.92. The van der Waals surface area contributed by atoms with E-state index in [-0.39, 0.29) is 49.1 Å². The van der Waals surface area contributed by atoms with E-state index in [0.717, 1.165) is 0 Å². The summed E-state index contributed by atoms with van der Waals surface area (Å²) in [6.45, 7) is 5.62. The summed E-state index contributed by atoms with van der Waals surface area (Å²) in [6.07, 6.45) is 0. The lowest BCUT2D eigenvalue weighted by molar-refractivity contribution is -0.141. The largest absolute Gasteiger partial charge is 0.378 e. The molecule has 1 aliphatic rings. The van der Waals surface area contributed by atoms with E-state index in [9.17, 15) is 14.4 Å². The molecular weight excluding hydrogens is 324 g/mol. The minimum Gasteiger partial charge on any atom is -0.378 e. The molecule has 1 atom stereocenters. The SMILES string of the molecule is CC(C)[C@H](N)C(=O)NCC(=O)N(C)CC(=O)N1CCOCC1.Cl. The highest BCUT2D eigenvalue weighted by molar-refractivity contribution is 5.89.